The highest BCUT2D eigenvalue weighted by molar-refractivity contribution is 6.32. The summed E-state index contributed by atoms with van der Waals surface area (Å²) in [5, 5.41) is 9.88. The highest BCUT2D eigenvalue weighted by atomic mass is 35.5. The van der Waals surface area contributed by atoms with Gasteiger partial charge < -0.3 is 9.84 Å². The molecular formula is C9H9ClO3. The number of hydrogen-bond acceptors (Lipinski definition) is 3. The summed E-state index contributed by atoms with van der Waals surface area (Å²) >= 11 is 5.80. The summed E-state index contributed by atoms with van der Waals surface area (Å²) in [6.07, 6.45) is 0.531. The van der Waals surface area contributed by atoms with E-state index in [0.717, 1.165) is 0 Å². The Kier molecular flexibility index (Phi) is 2.78. The van der Waals surface area contributed by atoms with E-state index in [1.54, 1.807) is 6.92 Å². The van der Waals surface area contributed by atoms with Crippen LogP contribution in [0.25, 0.3) is 0 Å². The van der Waals surface area contributed by atoms with Gasteiger partial charge in [0.05, 0.1) is 12.7 Å². The number of halogens is 1. The Hall–Kier alpha value is -1.22. The highest BCUT2D eigenvalue weighted by Gasteiger charge is 2.13. The molecule has 1 rings (SSSR count). The maximum atomic E-state index is 10.5. The molecule has 1 aromatic rings. The quantitative estimate of drug-likeness (QED) is 0.745. The third-order valence-corrected chi connectivity index (χ3v) is 2.19. The Labute approximate surface area is 80.9 Å². The number of carbonyl (C=O) groups is 1. The molecule has 70 valence electrons. The van der Waals surface area contributed by atoms with Crippen LogP contribution in [0.3, 0.4) is 0 Å². The van der Waals surface area contributed by atoms with Crippen molar-refractivity contribution in [2.24, 2.45) is 0 Å². The Morgan fingerprint density at radius 2 is 2.23 bits per heavy atom. The van der Waals surface area contributed by atoms with Gasteiger partial charge in [-0.05, 0) is 13.0 Å². The van der Waals surface area contributed by atoms with Crippen LogP contribution in [0.15, 0.2) is 6.07 Å². The predicted molar refractivity (Wildman–Crippen MR) is 49.8 cm³/mol. The number of aldehydes is 1. The van der Waals surface area contributed by atoms with Gasteiger partial charge in [0.1, 0.15) is 0 Å². The smallest absolute Gasteiger partial charge is 0.168 e. The molecule has 0 atom stereocenters. The monoisotopic (exact) mass is 200 g/mol. The van der Waals surface area contributed by atoms with E-state index in [1.165, 1.54) is 13.2 Å². The lowest BCUT2D eigenvalue weighted by Crippen LogP contribution is -1.92. The van der Waals surface area contributed by atoms with Crippen molar-refractivity contribution in [3.05, 3.63) is 22.2 Å². The second-order valence-corrected chi connectivity index (χ2v) is 2.98. The molecular weight excluding hydrogens is 192 g/mol. The van der Waals surface area contributed by atoms with Gasteiger partial charge in [-0.2, -0.15) is 0 Å². The minimum absolute atomic E-state index is 0.132. The van der Waals surface area contributed by atoms with Gasteiger partial charge >= 0.3 is 0 Å². The zero-order valence-corrected chi connectivity index (χ0v) is 8.05. The van der Waals surface area contributed by atoms with Crippen LogP contribution in [-0.4, -0.2) is 18.5 Å². The number of phenols is 1. The first kappa shape index (κ1) is 9.86. The van der Waals surface area contributed by atoms with Gasteiger partial charge in [0.15, 0.2) is 17.8 Å². The molecule has 0 aliphatic carbocycles. The van der Waals surface area contributed by atoms with Gasteiger partial charge in [0.25, 0.3) is 0 Å². The average molecular weight is 201 g/mol. The van der Waals surface area contributed by atoms with Crippen LogP contribution < -0.4 is 4.74 Å². The molecule has 0 spiro atoms. The molecule has 4 heteroatoms. The first-order valence-corrected chi connectivity index (χ1v) is 4.00. The predicted octanol–water partition coefficient (Wildman–Crippen LogP) is 2.18. The summed E-state index contributed by atoms with van der Waals surface area (Å²) in [5.41, 5.74) is 0.750. The first-order valence-electron chi connectivity index (χ1n) is 3.63. The number of rotatable bonds is 2. The Morgan fingerprint density at radius 1 is 1.62 bits per heavy atom. The molecule has 0 aromatic heterocycles. The van der Waals surface area contributed by atoms with Gasteiger partial charge in [-0.1, -0.05) is 11.6 Å². The molecule has 0 amide bonds. The highest BCUT2D eigenvalue weighted by Crippen LogP contribution is 2.36. The summed E-state index contributed by atoms with van der Waals surface area (Å²) in [5.74, 6) is 0.0778. The van der Waals surface area contributed by atoms with Crippen LogP contribution in [0.5, 0.6) is 11.5 Å². The number of benzene rings is 1. The average Bonchev–Trinajstić information content (AvgIpc) is 2.12. The van der Waals surface area contributed by atoms with Crippen LogP contribution in [0.1, 0.15) is 15.9 Å². The second-order valence-electron chi connectivity index (χ2n) is 2.57. The van der Waals surface area contributed by atoms with Gasteiger partial charge in [-0.3, -0.25) is 4.79 Å². The third kappa shape index (κ3) is 1.60. The number of aromatic hydroxyl groups is 1. The molecule has 0 fully saturated rings. The van der Waals surface area contributed by atoms with Crippen LogP contribution in [0.2, 0.25) is 5.02 Å². The summed E-state index contributed by atoms with van der Waals surface area (Å²) in [6.45, 7) is 1.70. The molecule has 0 heterocycles. The summed E-state index contributed by atoms with van der Waals surface area (Å²) < 4.78 is 4.91. The number of methoxy groups -OCH3 is 1. The van der Waals surface area contributed by atoms with E-state index in [0.29, 0.717) is 16.9 Å². The fourth-order valence-corrected chi connectivity index (χ4v) is 1.27. The zero-order valence-electron chi connectivity index (χ0n) is 7.30. The van der Waals surface area contributed by atoms with E-state index >= 15 is 0 Å². The normalized spacial score (nSPS) is 9.77. The molecule has 0 radical (unpaired) electrons. The fourth-order valence-electron chi connectivity index (χ4n) is 1.07. The lowest BCUT2D eigenvalue weighted by Gasteiger charge is -2.09. The van der Waals surface area contributed by atoms with Gasteiger partial charge in [0.2, 0.25) is 0 Å². The van der Waals surface area contributed by atoms with Crippen LogP contribution in [-0.2, 0) is 0 Å². The van der Waals surface area contributed by atoms with E-state index in [2.05, 4.69) is 0 Å². The molecule has 0 saturated heterocycles. The van der Waals surface area contributed by atoms with Crippen molar-refractivity contribution in [1.82, 2.24) is 0 Å². The van der Waals surface area contributed by atoms with Crippen molar-refractivity contribution < 1.29 is 14.6 Å². The third-order valence-electron chi connectivity index (χ3n) is 1.80. The van der Waals surface area contributed by atoms with E-state index < -0.39 is 0 Å². The zero-order chi connectivity index (χ0) is 10.0. The molecule has 13 heavy (non-hydrogen) atoms. The van der Waals surface area contributed by atoms with Crippen LogP contribution in [0.4, 0.5) is 0 Å². The molecule has 0 aliphatic rings. The topological polar surface area (TPSA) is 46.5 Å². The Bertz CT molecular complexity index is 347. The minimum atomic E-state index is -0.167. The molecule has 0 aliphatic heterocycles. The van der Waals surface area contributed by atoms with E-state index in [4.69, 9.17) is 16.3 Å². The summed E-state index contributed by atoms with van der Waals surface area (Å²) in [7, 11) is 1.41. The maximum Gasteiger partial charge on any atom is 0.168 e. The number of phenolic OH excluding ortho intramolecular Hbond substituents is 1. The lowest BCUT2D eigenvalue weighted by molar-refractivity contribution is 0.112. The minimum Gasteiger partial charge on any atom is -0.504 e. The van der Waals surface area contributed by atoms with Crippen molar-refractivity contribution in [2.75, 3.05) is 7.11 Å². The SMILES string of the molecule is COc1c(C)c(Cl)cc(C=O)c1O. The molecule has 1 N–H and O–H groups in total. The molecule has 0 saturated carbocycles. The standard InChI is InChI=1S/C9H9ClO3/c1-5-7(10)3-6(4-11)8(12)9(5)13-2/h3-4,12H,1-2H3. The van der Waals surface area contributed by atoms with Crippen LogP contribution in [0, 0.1) is 6.92 Å². The van der Waals surface area contributed by atoms with Crippen LogP contribution >= 0.6 is 11.6 Å². The summed E-state index contributed by atoms with van der Waals surface area (Å²) in [4.78, 5) is 10.5. The van der Waals surface area contributed by atoms with E-state index in [1.807, 2.05) is 0 Å². The molecule has 1 aromatic carbocycles. The number of carbonyl (C=O) groups excluding carboxylic acids is 1. The maximum absolute atomic E-state index is 10.5. The van der Waals surface area contributed by atoms with Gasteiger partial charge in [-0.25, -0.2) is 0 Å². The first-order chi connectivity index (χ1) is 6.11. The van der Waals surface area contributed by atoms with Crippen molar-refractivity contribution in [3.63, 3.8) is 0 Å². The van der Waals surface area contributed by atoms with Crippen molar-refractivity contribution in [1.29, 1.82) is 0 Å². The van der Waals surface area contributed by atoms with Gasteiger partial charge in [0, 0.05) is 10.6 Å². The lowest BCUT2D eigenvalue weighted by atomic mass is 10.1. The van der Waals surface area contributed by atoms with Crippen molar-refractivity contribution in [3.8, 4) is 11.5 Å². The fraction of sp³-hybridized carbons (Fsp3) is 0.222. The van der Waals surface area contributed by atoms with E-state index in [-0.39, 0.29) is 17.1 Å². The number of ether oxygens (including phenoxy) is 1. The molecule has 0 bridgehead atoms. The van der Waals surface area contributed by atoms with Crippen molar-refractivity contribution in [2.45, 2.75) is 6.92 Å². The Morgan fingerprint density at radius 3 is 2.69 bits per heavy atom. The second kappa shape index (κ2) is 3.66. The number of hydrogen-bond donors (Lipinski definition) is 1. The molecule has 0 unspecified atom stereocenters. The van der Waals surface area contributed by atoms with Gasteiger partial charge in [-0.15, -0.1) is 0 Å². The molecule has 3 nitrogen and oxygen atoms in total. The van der Waals surface area contributed by atoms with Crippen molar-refractivity contribution >= 4 is 17.9 Å². The Balaban J connectivity index is 3.47. The summed E-state index contributed by atoms with van der Waals surface area (Å²) in [6, 6.07) is 1.40. The van der Waals surface area contributed by atoms with E-state index in [9.17, 15) is 9.90 Å². The largest absolute Gasteiger partial charge is 0.504 e.